The topological polar surface area (TPSA) is 350 Å². The highest BCUT2D eigenvalue weighted by atomic mass is 16.8. The lowest BCUT2D eigenvalue weighted by molar-refractivity contribution is -0.592. The first-order valence-corrected chi connectivity index (χ1v) is 33.4. The van der Waals surface area contributed by atoms with Gasteiger partial charge in [0, 0.05) is 73.7 Å². The zero-order chi connectivity index (χ0) is 68.4. The van der Waals surface area contributed by atoms with Crippen molar-refractivity contribution in [1.29, 1.82) is 0 Å². The van der Waals surface area contributed by atoms with E-state index in [2.05, 4.69) is 6.92 Å². The van der Waals surface area contributed by atoms with Gasteiger partial charge in [0.05, 0.1) is 98.9 Å². The molecule has 4 aliphatic carbocycles. The van der Waals surface area contributed by atoms with E-state index in [1.165, 1.54) is 27.0 Å². The molecule has 10 aliphatic rings. The first kappa shape index (κ1) is 71.7. The summed E-state index contributed by atoms with van der Waals surface area (Å²) in [5, 5.41) is 69.4. The second-order valence-electron chi connectivity index (χ2n) is 28.6. The molecule has 0 aromatic heterocycles. The molecular weight excluding hydrogens is 1230 g/mol. The number of allylic oxidation sites excluding steroid dienone is 2. The number of rotatable bonds is 15. The van der Waals surface area contributed by atoms with Gasteiger partial charge in [-0.3, -0.25) is 24.5 Å². The Hall–Kier alpha value is -5.07. The predicted molar refractivity (Wildman–Crippen MR) is 328 cm³/mol. The quantitative estimate of drug-likeness (QED) is 0.0284. The maximum atomic E-state index is 16.2. The molecule has 3 unspecified atom stereocenters. The van der Waals surface area contributed by atoms with Crippen LogP contribution in [0, 0.1) is 57.0 Å². The smallest absolute Gasteiger partial charge is 0.346 e. The fourth-order valence-corrected chi connectivity index (χ4v) is 17.2. The molecule has 6 aliphatic heterocycles. The molecule has 10 rings (SSSR count). The number of nitrogens with zero attached hydrogens (tertiary/aromatic N) is 1. The number of carboxylic acid groups (broad SMARTS) is 1. The number of fused-ring (bicyclic) bond motifs is 3. The maximum Gasteiger partial charge on any atom is 0.346 e. The Morgan fingerprint density at radius 1 is 0.702 bits per heavy atom. The van der Waals surface area contributed by atoms with Crippen molar-refractivity contribution in [2.24, 2.45) is 46.8 Å². The van der Waals surface area contributed by atoms with Crippen LogP contribution in [0.15, 0.2) is 58.4 Å². The molecule has 0 amide bonds. The summed E-state index contributed by atoms with van der Waals surface area (Å²) in [6.07, 6.45) is -4.97. The minimum absolute atomic E-state index is 0.0810. The van der Waals surface area contributed by atoms with Crippen molar-refractivity contribution in [3.63, 3.8) is 0 Å². The van der Waals surface area contributed by atoms with Crippen molar-refractivity contribution in [2.45, 2.75) is 282 Å². The molecular formula is C68H97NO25. The number of aliphatic carboxylic acids is 1. The second-order valence-corrected chi connectivity index (χ2v) is 28.6. The fourth-order valence-electron chi connectivity index (χ4n) is 17.2. The summed E-state index contributed by atoms with van der Waals surface area (Å²) in [5.74, 6) is -10.0. The van der Waals surface area contributed by atoms with Crippen molar-refractivity contribution < 1.29 is 116 Å². The van der Waals surface area contributed by atoms with Gasteiger partial charge in [0.1, 0.15) is 17.8 Å². The lowest BCUT2D eigenvalue weighted by Crippen LogP contribution is -2.58. The van der Waals surface area contributed by atoms with Crippen LogP contribution in [0.5, 0.6) is 0 Å². The summed E-state index contributed by atoms with van der Waals surface area (Å²) in [5.41, 5.74) is -5.55. The molecule has 2 bridgehead atoms. The largest absolute Gasteiger partial charge is 0.507 e. The SMILES string of the molecule is COC(=O)C[C@H]1[C@@H](C)O[C@@H](O[C@H]2C/C=C(\C)[C@@H]3C=C[C@@H]4[C@@H](O[C@H]5C[C@@H](O[C@H]6CCC(O[C@H]7C[C@@H](O)C(O[C@H]8CC[C@@H](O)[C@H](C)O8)[C@H](C)O7)[C@H](C)O6)[C@@H](OC(C)=O)[C@H](C)O5)[C@@H](C)C[C@H](C)[C@H]4[C@]3(C)C(=O)C3=C(O)C4(CC(C(=O)O)=C[C@H](O)[C@H]4/C=C/2C)OC3=O)C[C@]1(C)[N+](=O)[O-]. The van der Waals surface area contributed by atoms with E-state index in [9.17, 15) is 54.8 Å². The van der Waals surface area contributed by atoms with Gasteiger partial charge in [-0.2, -0.15) is 0 Å². The number of Topliss-reactive ketones (excluding diaryl/α,β-unsaturated/α-hetero) is 1. The molecule has 6 fully saturated rings. The molecule has 26 nitrogen and oxygen atoms in total. The number of ether oxygens (including phenoxy) is 13. The molecule has 6 heterocycles. The molecule has 29 atom stereocenters. The van der Waals surface area contributed by atoms with Crippen molar-refractivity contribution >= 4 is 29.7 Å². The zero-order valence-electron chi connectivity index (χ0n) is 56.0. The van der Waals surface area contributed by atoms with E-state index in [0.717, 1.165) is 6.08 Å². The third kappa shape index (κ3) is 14.0. The van der Waals surface area contributed by atoms with Gasteiger partial charge in [0.15, 0.2) is 54.7 Å². The summed E-state index contributed by atoms with van der Waals surface area (Å²) in [6, 6.07) is 0. The molecule has 1 spiro atoms. The van der Waals surface area contributed by atoms with Crippen LogP contribution in [0.25, 0.3) is 0 Å². The van der Waals surface area contributed by atoms with Gasteiger partial charge in [-0.1, -0.05) is 50.6 Å². The molecule has 26 heteroatoms. The number of aliphatic hydroxyl groups is 4. The number of methoxy groups -OCH3 is 1. The molecule has 94 heavy (non-hydrogen) atoms. The number of esters is 3. The van der Waals surface area contributed by atoms with Crippen LogP contribution in [-0.4, -0.2) is 195 Å². The maximum absolute atomic E-state index is 16.2. The lowest BCUT2D eigenvalue weighted by Gasteiger charge is -2.56. The molecule has 0 aromatic carbocycles. The number of aliphatic hydroxyl groups excluding tert-OH is 4. The van der Waals surface area contributed by atoms with Crippen LogP contribution >= 0.6 is 0 Å². The van der Waals surface area contributed by atoms with E-state index in [0.29, 0.717) is 43.3 Å². The van der Waals surface area contributed by atoms with Crippen LogP contribution in [0.1, 0.15) is 154 Å². The summed E-state index contributed by atoms with van der Waals surface area (Å²) < 4.78 is 81.6. The van der Waals surface area contributed by atoms with Crippen LogP contribution in [-0.2, 0) is 85.6 Å². The van der Waals surface area contributed by atoms with Gasteiger partial charge in [0.2, 0.25) is 5.54 Å². The molecule has 5 N–H and O–H groups in total. The van der Waals surface area contributed by atoms with Crippen LogP contribution < -0.4 is 0 Å². The number of hydrogen-bond acceptors (Lipinski definition) is 24. The molecule has 0 aromatic rings. The minimum Gasteiger partial charge on any atom is -0.507 e. The van der Waals surface area contributed by atoms with Crippen molar-refractivity contribution in [1.82, 2.24) is 0 Å². The second kappa shape index (κ2) is 28.4. The number of carboxylic acids is 1. The lowest BCUT2D eigenvalue weighted by atomic mass is 9.48. The van der Waals surface area contributed by atoms with E-state index in [1.807, 2.05) is 39.0 Å². The van der Waals surface area contributed by atoms with E-state index in [1.54, 1.807) is 41.5 Å². The Morgan fingerprint density at radius 2 is 1.33 bits per heavy atom. The van der Waals surface area contributed by atoms with Crippen molar-refractivity contribution in [3.8, 4) is 0 Å². The Morgan fingerprint density at radius 3 is 1.98 bits per heavy atom. The fraction of sp³-hybridized carbons (Fsp3) is 0.779. The highest BCUT2D eigenvalue weighted by molar-refractivity contribution is 6.21. The molecule has 0 radical (unpaired) electrons. The summed E-state index contributed by atoms with van der Waals surface area (Å²) in [7, 11) is 1.20. The number of ketones is 1. The van der Waals surface area contributed by atoms with E-state index < -0.39 is 215 Å². The summed E-state index contributed by atoms with van der Waals surface area (Å²) in [4.78, 5) is 81.5. The monoisotopic (exact) mass is 1330 g/mol. The van der Waals surface area contributed by atoms with Crippen molar-refractivity contribution in [3.05, 3.63) is 68.5 Å². The average molecular weight is 1330 g/mol. The standard InChI is InChI=1S/C68H97NO25/c1-30-14-18-48(89-56-29-66(11,69(80)81)43(34(5)83-56)25-51(74)82-13)31(2)23-44-46(72)24-40(64(77)78)28-68(44)63(76)57(65(79)94-68)62(75)67(12)42(30)16-15-41-58(67)32(3)22-33(4)59(41)93-55-27-50(61(38(9)87-55)88-39(10)70)91-52-21-19-49(36(7)85-52)90-54-26-47(73)60(37(8)86-54)92-53-20-17-45(71)35(6)84-53/h14-16,23-24,32-38,41-50,52-56,58-61,71-73,76H,17-22,25-29H2,1-13H3,(H,77,78)/b30-14+,31-23+/t32-,33-,34+,35-,36-,37-,38-,41-,42-,43-,44+,45+,46-,47+,48-,49?,50+,52-,53-,54-,55-,56-,58+,59-,60?,61-,66-,67+,68?/m0/s1. The highest BCUT2D eigenvalue weighted by Crippen LogP contribution is 2.60. The van der Waals surface area contributed by atoms with Crippen molar-refractivity contribution in [2.75, 3.05) is 7.11 Å². The number of carbonyl (C=O) groups is 5. The number of carbonyl (C=O) groups excluding carboxylic acids is 4. The van der Waals surface area contributed by atoms with Gasteiger partial charge >= 0.3 is 23.9 Å². The Bertz CT molecular complexity index is 3010. The number of nitro groups is 1. The van der Waals surface area contributed by atoms with Gasteiger partial charge < -0.3 is 87.1 Å². The van der Waals surface area contributed by atoms with Gasteiger partial charge in [-0.05, 0) is 104 Å². The predicted octanol–water partition coefficient (Wildman–Crippen LogP) is 6.70. The normalized spacial score (nSPS) is 47.0. The first-order valence-electron chi connectivity index (χ1n) is 33.4. The van der Waals surface area contributed by atoms with E-state index in [4.69, 9.17) is 61.6 Å². The average Bonchev–Trinajstić information content (AvgIpc) is 1.36. The molecule has 524 valence electrons. The van der Waals surface area contributed by atoms with Gasteiger partial charge in [-0.25, -0.2) is 9.59 Å². The van der Waals surface area contributed by atoms with Crippen LogP contribution in [0.4, 0.5) is 0 Å². The van der Waals surface area contributed by atoms with Crippen LogP contribution in [0.2, 0.25) is 0 Å². The zero-order valence-corrected chi connectivity index (χ0v) is 56.0. The van der Waals surface area contributed by atoms with E-state index in [-0.39, 0.29) is 49.5 Å². The first-order chi connectivity index (χ1) is 44.3. The van der Waals surface area contributed by atoms with Gasteiger partial charge in [-0.15, -0.1) is 0 Å². The number of hydrogen-bond donors (Lipinski definition) is 5. The Kier molecular flexibility index (Phi) is 21.7. The Balaban J connectivity index is 0.908. The Labute approximate surface area is 548 Å². The highest BCUT2D eigenvalue weighted by Gasteiger charge is 2.65. The summed E-state index contributed by atoms with van der Waals surface area (Å²) in [6.45, 7) is 20.9. The van der Waals surface area contributed by atoms with Crippen LogP contribution in [0.3, 0.4) is 0 Å². The third-order valence-corrected chi connectivity index (χ3v) is 22.2. The van der Waals surface area contributed by atoms with Gasteiger partial charge in [0.25, 0.3) is 0 Å². The third-order valence-electron chi connectivity index (χ3n) is 22.2. The molecule has 1 saturated carbocycles. The minimum atomic E-state index is -2.29. The summed E-state index contributed by atoms with van der Waals surface area (Å²) >= 11 is 0. The molecule has 5 saturated heterocycles. The van der Waals surface area contributed by atoms with E-state index >= 15 is 4.79 Å².